The standard InChI is InChI=1S/C22H30O5/c1-3-4-5-8-15(2)19(23)12-11-17-18-13-16(9-6-7-10-22(25)26)27-21(18)14-20(17)24/h11-13,15,17,19-20,23-24H,5-10,14H2,1-2H3,(H,25,26)/t15?,17-,19-,20-/m1/s1. The molecule has 1 aliphatic carbocycles. The monoisotopic (exact) mass is 374 g/mol. The van der Waals surface area contributed by atoms with Gasteiger partial charge in [-0.15, -0.1) is 11.8 Å². The normalized spacial score (nSPS) is 20.9. The summed E-state index contributed by atoms with van der Waals surface area (Å²) in [5, 5.41) is 29.3. The molecule has 0 bridgehead atoms. The third kappa shape index (κ3) is 6.27. The second-order valence-corrected chi connectivity index (χ2v) is 7.31. The number of aliphatic hydroxyl groups excluding tert-OH is 2. The van der Waals surface area contributed by atoms with Gasteiger partial charge in [0.15, 0.2) is 0 Å². The Labute approximate surface area is 161 Å². The van der Waals surface area contributed by atoms with Gasteiger partial charge in [-0.25, -0.2) is 0 Å². The second-order valence-electron chi connectivity index (χ2n) is 7.31. The highest BCUT2D eigenvalue weighted by Gasteiger charge is 2.33. The van der Waals surface area contributed by atoms with Gasteiger partial charge in [0.2, 0.25) is 0 Å². The molecule has 4 atom stereocenters. The van der Waals surface area contributed by atoms with Crippen LogP contribution in [0.4, 0.5) is 0 Å². The summed E-state index contributed by atoms with van der Waals surface area (Å²) in [6, 6.07) is 1.97. The van der Waals surface area contributed by atoms with Crippen molar-refractivity contribution in [3.05, 3.63) is 35.3 Å². The molecule has 0 radical (unpaired) electrons. The molecule has 1 aromatic rings. The van der Waals surface area contributed by atoms with Crippen molar-refractivity contribution in [3.8, 4) is 11.8 Å². The Hall–Kier alpha value is -2.03. The smallest absolute Gasteiger partial charge is 0.303 e. The number of rotatable bonds is 10. The molecule has 148 valence electrons. The van der Waals surface area contributed by atoms with Crippen LogP contribution in [0.2, 0.25) is 0 Å². The van der Waals surface area contributed by atoms with Gasteiger partial charge in [-0.1, -0.05) is 19.1 Å². The lowest BCUT2D eigenvalue weighted by molar-refractivity contribution is -0.137. The number of aliphatic hydroxyl groups is 2. The molecular formula is C22H30O5. The third-order valence-corrected chi connectivity index (χ3v) is 5.12. The number of furan rings is 1. The molecule has 0 aromatic carbocycles. The van der Waals surface area contributed by atoms with Crippen molar-refractivity contribution in [2.75, 3.05) is 0 Å². The number of hydrogen-bond donors (Lipinski definition) is 3. The molecule has 5 nitrogen and oxygen atoms in total. The summed E-state index contributed by atoms with van der Waals surface area (Å²) >= 11 is 0. The van der Waals surface area contributed by atoms with E-state index in [1.165, 1.54) is 0 Å². The highest BCUT2D eigenvalue weighted by molar-refractivity contribution is 5.66. The molecule has 27 heavy (non-hydrogen) atoms. The minimum absolute atomic E-state index is 0.106. The zero-order valence-electron chi connectivity index (χ0n) is 16.1. The third-order valence-electron chi connectivity index (χ3n) is 5.12. The van der Waals surface area contributed by atoms with Gasteiger partial charge >= 0.3 is 5.97 Å². The van der Waals surface area contributed by atoms with E-state index in [1.807, 2.05) is 26.0 Å². The summed E-state index contributed by atoms with van der Waals surface area (Å²) in [7, 11) is 0. The maximum absolute atomic E-state index is 10.6. The first-order valence-electron chi connectivity index (χ1n) is 9.69. The number of aliphatic carboxylic acids is 1. The van der Waals surface area contributed by atoms with E-state index in [0.717, 1.165) is 36.3 Å². The Morgan fingerprint density at radius 3 is 2.93 bits per heavy atom. The van der Waals surface area contributed by atoms with Gasteiger partial charge in [0.25, 0.3) is 0 Å². The van der Waals surface area contributed by atoms with Gasteiger partial charge in [0, 0.05) is 37.2 Å². The minimum atomic E-state index is -0.778. The maximum Gasteiger partial charge on any atom is 0.303 e. The number of carboxylic acids is 1. The van der Waals surface area contributed by atoms with Crippen LogP contribution in [-0.2, 0) is 17.6 Å². The van der Waals surface area contributed by atoms with Gasteiger partial charge in [0.1, 0.15) is 11.5 Å². The molecule has 1 aliphatic rings. The van der Waals surface area contributed by atoms with E-state index in [-0.39, 0.29) is 18.3 Å². The van der Waals surface area contributed by atoms with Crippen LogP contribution in [0.5, 0.6) is 0 Å². The summed E-state index contributed by atoms with van der Waals surface area (Å²) in [6.07, 6.45) is 6.87. The van der Waals surface area contributed by atoms with Crippen molar-refractivity contribution < 1.29 is 24.5 Å². The zero-order valence-corrected chi connectivity index (χ0v) is 16.1. The van der Waals surface area contributed by atoms with Crippen molar-refractivity contribution in [2.45, 2.75) is 76.9 Å². The van der Waals surface area contributed by atoms with Crippen LogP contribution in [-0.4, -0.2) is 33.5 Å². The average Bonchev–Trinajstić information content (AvgIpc) is 3.13. The summed E-state index contributed by atoms with van der Waals surface area (Å²) in [6.45, 7) is 3.81. The Bertz CT molecular complexity index is 706. The fraction of sp³-hybridized carbons (Fsp3) is 0.591. The van der Waals surface area contributed by atoms with E-state index in [1.54, 1.807) is 6.08 Å². The lowest BCUT2D eigenvalue weighted by Gasteiger charge is -2.16. The van der Waals surface area contributed by atoms with E-state index < -0.39 is 18.2 Å². The fourth-order valence-electron chi connectivity index (χ4n) is 3.42. The second kappa shape index (κ2) is 10.3. The van der Waals surface area contributed by atoms with Crippen molar-refractivity contribution in [1.29, 1.82) is 0 Å². The number of unbranched alkanes of at least 4 members (excludes halogenated alkanes) is 1. The highest BCUT2D eigenvalue weighted by atomic mass is 16.4. The highest BCUT2D eigenvalue weighted by Crippen LogP contribution is 2.37. The van der Waals surface area contributed by atoms with E-state index in [0.29, 0.717) is 19.3 Å². The number of carbonyl (C=O) groups is 1. The number of carboxylic acid groups (broad SMARTS) is 1. The van der Waals surface area contributed by atoms with Crippen LogP contribution in [0.25, 0.3) is 0 Å². The quantitative estimate of drug-likeness (QED) is 0.332. The maximum atomic E-state index is 10.6. The molecule has 0 saturated carbocycles. The Balaban J connectivity index is 1.93. The molecule has 1 aromatic heterocycles. The van der Waals surface area contributed by atoms with Gasteiger partial charge < -0.3 is 19.7 Å². The van der Waals surface area contributed by atoms with Crippen molar-refractivity contribution in [3.63, 3.8) is 0 Å². The summed E-state index contributed by atoms with van der Waals surface area (Å²) < 4.78 is 5.83. The van der Waals surface area contributed by atoms with Crippen LogP contribution in [0.1, 0.15) is 69.0 Å². The first kappa shape index (κ1) is 21.3. The zero-order chi connectivity index (χ0) is 19.8. The molecule has 5 heteroatoms. The molecule has 1 unspecified atom stereocenters. The summed E-state index contributed by atoms with van der Waals surface area (Å²) in [4.78, 5) is 10.6. The molecular weight excluding hydrogens is 344 g/mol. The average molecular weight is 374 g/mol. The van der Waals surface area contributed by atoms with Crippen LogP contribution < -0.4 is 0 Å². The predicted octanol–water partition coefficient (Wildman–Crippen LogP) is 3.43. The van der Waals surface area contributed by atoms with Gasteiger partial charge in [-0.2, -0.15) is 0 Å². The molecule has 3 N–H and O–H groups in total. The molecule has 0 spiro atoms. The van der Waals surface area contributed by atoms with Crippen molar-refractivity contribution in [1.82, 2.24) is 0 Å². The van der Waals surface area contributed by atoms with E-state index in [4.69, 9.17) is 9.52 Å². The molecule has 0 aliphatic heterocycles. The van der Waals surface area contributed by atoms with E-state index in [9.17, 15) is 15.0 Å². The molecule has 0 amide bonds. The number of aryl methyl sites for hydroxylation is 1. The summed E-state index contributed by atoms with van der Waals surface area (Å²) in [5.41, 5.74) is 0.976. The molecule has 1 heterocycles. The van der Waals surface area contributed by atoms with Crippen LogP contribution in [0.3, 0.4) is 0 Å². The molecule has 0 saturated heterocycles. The Morgan fingerprint density at radius 2 is 2.22 bits per heavy atom. The molecule has 0 fully saturated rings. The van der Waals surface area contributed by atoms with Crippen LogP contribution in [0.15, 0.2) is 22.6 Å². The Morgan fingerprint density at radius 1 is 1.44 bits per heavy atom. The van der Waals surface area contributed by atoms with E-state index in [2.05, 4.69) is 11.8 Å². The van der Waals surface area contributed by atoms with Gasteiger partial charge in [0.05, 0.1) is 12.2 Å². The number of fused-ring (bicyclic) bond motifs is 1. The SMILES string of the molecule is CC#CCCC(C)[C@H](O)C=C[C@@H]1c2cc(CCCCC(=O)O)oc2C[C@H]1O. The minimum Gasteiger partial charge on any atom is -0.481 e. The largest absolute Gasteiger partial charge is 0.481 e. The van der Waals surface area contributed by atoms with Crippen LogP contribution in [0, 0.1) is 17.8 Å². The number of hydrogen-bond acceptors (Lipinski definition) is 4. The lowest BCUT2D eigenvalue weighted by atomic mass is 9.95. The predicted molar refractivity (Wildman–Crippen MR) is 103 cm³/mol. The molecule has 2 rings (SSSR count). The first-order valence-corrected chi connectivity index (χ1v) is 9.69. The van der Waals surface area contributed by atoms with E-state index >= 15 is 0 Å². The Kier molecular flexibility index (Phi) is 8.15. The van der Waals surface area contributed by atoms with Gasteiger partial charge in [-0.3, -0.25) is 4.79 Å². The summed E-state index contributed by atoms with van der Waals surface area (Å²) in [5.74, 6) is 6.66. The van der Waals surface area contributed by atoms with Crippen LogP contribution >= 0.6 is 0 Å². The lowest BCUT2D eigenvalue weighted by Crippen LogP contribution is -2.16. The first-order chi connectivity index (χ1) is 12.9. The topological polar surface area (TPSA) is 90.9 Å². The van der Waals surface area contributed by atoms with Crippen molar-refractivity contribution in [2.24, 2.45) is 5.92 Å². The van der Waals surface area contributed by atoms with Gasteiger partial charge in [-0.05, 0) is 38.2 Å². The van der Waals surface area contributed by atoms with Crippen molar-refractivity contribution >= 4 is 5.97 Å². The fourth-order valence-corrected chi connectivity index (χ4v) is 3.42.